The number of nitrogens with zero attached hydrogens (tertiary/aromatic N) is 1. The van der Waals surface area contributed by atoms with Gasteiger partial charge in [-0.3, -0.25) is 4.79 Å². The van der Waals surface area contributed by atoms with E-state index in [1.54, 1.807) is 0 Å². The highest BCUT2D eigenvalue weighted by atomic mass is 16.5. The second-order valence-electron chi connectivity index (χ2n) is 6.41. The highest BCUT2D eigenvalue weighted by molar-refractivity contribution is 5.72. The molecule has 0 saturated heterocycles. The SMILES string of the molecule is Cc1noc(C)c1COc1ccc(CC(=O)OC/C=C\c2ccccc2)cc1. The molecule has 1 aromatic heterocycles. The molecule has 2 aromatic carbocycles. The van der Waals surface area contributed by atoms with E-state index in [1.807, 2.05) is 80.6 Å². The van der Waals surface area contributed by atoms with Crippen LogP contribution in [-0.2, 0) is 22.6 Å². The first-order valence-electron chi connectivity index (χ1n) is 9.12. The summed E-state index contributed by atoms with van der Waals surface area (Å²) in [7, 11) is 0. The number of ether oxygens (including phenoxy) is 2. The van der Waals surface area contributed by atoms with E-state index in [-0.39, 0.29) is 19.0 Å². The number of hydrogen-bond donors (Lipinski definition) is 0. The van der Waals surface area contributed by atoms with Crippen molar-refractivity contribution in [3.8, 4) is 5.75 Å². The molecule has 0 bridgehead atoms. The van der Waals surface area contributed by atoms with Gasteiger partial charge in [-0.2, -0.15) is 0 Å². The molecule has 3 aromatic rings. The van der Waals surface area contributed by atoms with E-state index in [0.717, 1.165) is 33.9 Å². The molecule has 0 fully saturated rings. The highest BCUT2D eigenvalue weighted by Gasteiger charge is 2.10. The van der Waals surface area contributed by atoms with Gasteiger partial charge in [-0.15, -0.1) is 0 Å². The normalized spacial score (nSPS) is 10.9. The fourth-order valence-corrected chi connectivity index (χ4v) is 2.67. The Morgan fingerprint density at radius 1 is 1.07 bits per heavy atom. The third kappa shape index (κ3) is 5.58. The van der Waals surface area contributed by atoms with E-state index < -0.39 is 0 Å². The first-order valence-corrected chi connectivity index (χ1v) is 9.12. The van der Waals surface area contributed by atoms with Crippen LogP contribution < -0.4 is 4.74 Å². The molecule has 0 radical (unpaired) electrons. The van der Waals surface area contributed by atoms with Gasteiger partial charge >= 0.3 is 5.97 Å². The molecule has 0 aliphatic carbocycles. The lowest BCUT2D eigenvalue weighted by molar-refractivity contribution is -0.141. The van der Waals surface area contributed by atoms with Crippen molar-refractivity contribution >= 4 is 12.0 Å². The van der Waals surface area contributed by atoms with Gasteiger partial charge in [0.2, 0.25) is 0 Å². The van der Waals surface area contributed by atoms with Gasteiger partial charge in [0.25, 0.3) is 0 Å². The molecule has 1 heterocycles. The Morgan fingerprint density at radius 3 is 2.50 bits per heavy atom. The molecule has 144 valence electrons. The van der Waals surface area contributed by atoms with Crippen molar-refractivity contribution in [2.45, 2.75) is 26.9 Å². The Kier molecular flexibility index (Phi) is 6.63. The summed E-state index contributed by atoms with van der Waals surface area (Å²) < 4.78 is 16.1. The molecular weight excluding hydrogens is 354 g/mol. The van der Waals surface area contributed by atoms with Gasteiger partial charge in [0.1, 0.15) is 24.7 Å². The maximum absolute atomic E-state index is 12.0. The van der Waals surface area contributed by atoms with Crippen molar-refractivity contribution in [1.29, 1.82) is 0 Å². The van der Waals surface area contributed by atoms with Crippen LogP contribution in [0.5, 0.6) is 5.75 Å². The van der Waals surface area contributed by atoms with Gasteiger partial charge < -0.3 is 14.0 Å². The Balaban J connectivity index is 1.43. The lowest BCUT2D eigenvalue weighted by atomic mass is 10.1. The molecule has 0 aliphatic heterocycles. The molecule has 5 nitrogen and oxygen atoms in total. The number of esters is 1. The van der Waals surface area contributed by atoms with E-state index in [4.69, 9.17) is 14.0 Å². The maximum Gasteiger partial charge on any atom is 0.310 e. The number of carbonyl (C=O) groups excluding carboxylic acids is 1. The van der Waals surface area contributed by atoms with Crippen molar-refractivity contribution in [3.63, 3.8) is 0 Å². The molecule has 0 atom stereocenters. The van der Waals surface area contributed by atoms with Crippen molar-refractivity contribution in [1.82, 2.24) is 5.16 Å². The van der Waals surface area contributed by atoms with Crippen LogP contribution in [0.4, 0.5) is 0 Å². The van der Waals surface area contributed by atoms with E-state index in [1.165, 1.54) is 0 Å². The second-order valence-corrected chi connectivity index (χ2v) is 6.41. The van der Waals surface area contributed by atoms with E-state index in [2.05, 4.69) is 5.16 Å². The first kappa shape index (κ1) is 19.4. The van der Waals surface area contributed by atoms with Crippen molar-refractivity contribution in [2.24, 2.45) is 0 Å². The average Bonchev–Trinajstić information content (AvgIpc) is 3.03. The number of benzene rings is 2. The minimum atomic E-state index is -0.262. The molecule has 0 unspecified atom stereocenters. The maximum atomic E-state index is 12.0. The Hall–Kier alpha value is -3.34. The summed E-state index contributed by atoms with van der Waals surface area (Å²) in [6, 6.07) is 17.3. The van der Waals surface area contributed by atoms with Crippen LogP contribution in [0.2, 0.25) is 0 Å². The third-order valence-corrected chi connectivity index (χ3v) is 4.29. The molecular formula is C23H23NO4. The Labute approximate surface area is 164 Å². The Bertz CT molecular complexity index is 907. The van der Waals surface area contributed by atoms with Crippen LogP contribution in [-0.4, -0.2) is 17.7 Å². The summed E-state index contributed by atoms with van der Waals surface area (Å²) >= 11 is 0. The van der Waals surface area contributed by atoms with Gasteiger partial charge in [-0.05, 0) is 43.2 Å². The molecule has 0 aliphatic rings. The topological polar surface area (TPSA) is 61.6 Å². The molecule has 0 amide bonds. The van der Waals surface area contributed by atoms with Crippen LogP contribution >= 0.6 is 0 Å². The number of aryl methyl sites for hydroxylation is 2. The lowest BCUT2D eigenvalue weighted by Gasteiger charge is -2.07. The van der Waals surface area contributed by atoms with E-state index in [0.29, 0.717) is 6.61 Å². The number of hydrogen-bond acceptors (Lipinski definition) is 5. The van der Waals surface area contributed by atoms with Crippen LogP contribution in [0.3, 0.4) is 0 Å². The summed E-state index contributed by atoms with van der Waals surface area (Å²) in [4.78, 5) is 12.0. The van der Waals surface area contributed by atoms with Crippen molar-refractivity contribution < 1.29 is 18.8 Å². The van der Waals surface area contributed by atoms with Gasteiger partial charge in [0.15, 0.2) is 0 Å². The fourth-order valence-electron chi connectivity index (χ4n) is 2.67. The minimum Gasteiger partial charge on any atom is -0.489 e. The van der Waals surface area contributed by atoms with Gasteiger partial charge in [-0.25, -0.2) is 0 Å². The molecule has 3 rings (SSSR count). The second kappa shape index (κ2) is 9.55. The molecule has 0 saturated carbocycles. The highest BCUT2D eigenvalue weighted by Crippen LogP contribution is 2.18. The van der Waals surface area contributed by atoms with Gasteiger partial charge in [0.05, 0.1) is 17.7 Å². The smallest absolute Gasteiger partial charge is 0.310 e. The largest absolute Gasteiger partial charge is 0.489 e. The summed E-state index contributed by atoms with van der Waals surface area (Å²) in [5.74, 6) is 1.23. The van der Waals surface area contributed by atoms with Crippen LogP contribution in [0.1, 0.15) is 28.1 Å². The molecule has 0 N–H and O–H groups in total. The predicted octanol–water partition coefficient (Wildman–Crippen LogP) is 4.67. The average molecular weight is 377 g/mol. The standard InChI is InChI=1S/C23H23NO4/c1-17-22(18(2)28-24-17)16-27-21-12-10-20(11-13-21)15-23(25)26-14-6-9-19-7-4-3-5-8-19/h3-13H,14-16H2,1-2H3/b9-6-. The van der Waals surface area contributed by atoms with Gasteiger partial charge in [0, 0.05) is 0 Å². The summed E-state index contributed by atoms with van der Waals surface area (Å²) in [6.07, 6.45) is 3.99. The third-order valence-electron chi connectivity index (χ3n) is 4.29. The molecule has 0 spiro atoms. The zero-order valence-electron chi connectivity index (χ0n) is 16.1. The van der Waals surface area contributed by atoms with Crippen LogP contribution in [0.15, 0.2) is 65.2 Å². The van der Waals surface area contributed by atoms with E-state index >= 15 is 0 Å². The predicted molar refractivity (Wildman–Crippen MR) is 107 cm³/mol. The monoisotopic (exact) mass is 377 g/mol. The fraction of sp³-hybridized carbons (Fsp3) is 0.217. The zero-order chi connectivity index (χ0) is 19.8. The number of rotatable bonds is 8. The number of carbonyl (C=O) groups is 1. The van der Waals surface area contributed by atoms with Crippen LogP contribution in [0, 0.1) is 13.8 Å². The summed E-state index contributed by atoms with van der Waals surface area (Å²) in [6.45, 7) is 4.41. The Morgan fingerprint density at radius 2 is 1.82 bits per heavy atom. The number of aromatic nitrogens is 1. The summed E-state index contributed by atoms with van der Waals surface area (Å²) in [5.41, 5.74) is 3.74. The summed E-state index contributed by atoms with van der Waals surface area (Å²) in [5, 5.41) is 3.91. The van der Waals surface area contributed by atoms with Crippen molar-refractivity contribution in [2.75, 3.05) is 6.61 Å². The minimum absolute atomic E-state index is 0.226. The first-order chi connectivity index (χ1) is 13.6. The quantitative estimate of drug-likeness (QED) is 0.534. The van der Waals surface area contributed by atoms with Gasteiger partial charge in [-0.1, -0.05) is 53.7 Å². The molecule has 28 heavy (non-hydrogen) atoms. The van der Waals surface area contributed by atoms with E-state index in [9.17, 15) is 4.79 Å². The van der Waals surface area contributed by atoms with Crippen LogP contribution in [0.25, 0.3) is 6.08 Å². The lowest BCUT2D eigenvalue weighted by Crippen LogP contribution is -2.08. The van der Waals surface area contributed by atoms with Crippen molar-refractivity contribution in [3.05, 3.63) is 88.8 Å². The molecule has 5 heteroatoms. The zero-order valence-corrected chi connectivity index (χ0v) is 16.1.